The van der Waals surface area contributed by atoms with Crippen molar-refractivity contribution in [2.75, 3.05) is 6.61 Å². The van der Waals surface area contributed by atoms with Crippen LogP contribution in [0.2, 0.25) is 0 Å². The summed E-state index contributed by atoms with van der Waals surface area (Å²) >= 11 is 0. The summed E-state index contributed by atoms with van der Waals surface area (Å²) < 4.78 is 5.77. The minimum absolute atomic E-state index is 0.618. The van der Waals surface area contributed by atoms with E-state index in [0.29, 0.717) is 5.92 Å². The van der Waals surface area contributed by atoms with Crippen LogP contribution in [0.1, 0.15) is 43.0 Å². The Morgan fingerprint density at radius 1 is 1.33 bits per heavy atom. The lowest BCUT2D eigenvalue weighted by Crippen LogP contribution is -2.05. The molecule has 3 rings (SSSR count). The van der Waals surface area contributed by atoms with Crippen molar-refractivity contribution in [3.63, 3.8) is 0 Å². The van der Waals surface area contributed by atoms with Gasteiger partial charge in [0.05, 0.1) is 12.3 Å². The Labute approximate surface area is 89.9 Å². The van der Waals surface area contributed by atoms with Crippen LogP contribution < -0.4 is 4.74 Å². The first kappa shape index (κ1) is 9.13. The van der Waals surface area contributed by atoms with Gasteiger partial charge in [-0.25, -0.2) is 4.98 Å². The van der Waals surface area contributed by atoms with E-state index in [0.717, 1.165) is 29.8 Å². The molecular weight excluding hydrogens is 188 g/mol. The fourth-order valence-corrected chi connectivity index (χ4v) is 1.69. The zero-order valence-corrected chi connectivity index (χ0v) is 9.07. The molecule has 2 aliphatic rings. The summed E-state index contributed by atoms with van der Waals surface area (Å²) in [6.07, 6.45) is 6.97. The van der Waals surface area contributed by atoms with Crippen LogP contribution >= 0.6 is 0 Å². The van der Waals surface area contributed by atoms with E-state index in [4.69, 9.17) is 4.74 Å². The summed E-state index contributed by atoms with van der Waals surface area (Å²) in [6.45, 7) is 2.80. The van der Waals surface area contributed by atoms with Gasteiger partial charge in [0.2, 0.25) is 5.88 Å². The molecule has 0 spiro atoms. The molecule has 0 amide bonds. The monoisotopic (exact) mass is 204 g/mol. The minimum Gasteiger partial charge on any atom is -0.476 e. The van der Waals surface area contributed by atoms with Crippen LogP contribution in [0.15, 0.2) is 6.20 Å². The van der Waals surface area contributed by atoms with E-state index in [2.05, 4.69) is 9.97 Å². The van der Waals surface area contributed by atoms with Gasteiger partial charge in [0.25, 0.3) is 0 Å². The van der Waals surface area contributed by atoms with Crippen LogP contribution in [0.25, 0.3) is 0 Å². The van der Waals surface area contributed by atoms with E-state index < -0.39 is 0 Å². The largest absolute Gasteiger partial charge is 0.476 e. The Morgan fingerprint density at radius 2 is 2.13 bits per heavy atom. The molecule has 15 heavy (non-hydrogen) atoms. The van der Waals surface area contributed by atoms with Crippen molar-refractivity contribution in [3.8, 4) is 5.88 Å². The van der Waals surface area contributed by atoms with Crippen molar-refractivity contribution < 1.29 is 4.74 Å². The van der Waals surface area contributed by atoms with Crippen LogP contribution in [0.5, 0.6) is 5.88 Å². The molecule has 0 radical (unpaired) electrons. The molecule has 2 aliphatic carbocycles. The van der Waals surface area contributed by atoms with Gasteiger partial charge in [-0.15, -0.1) is 0 Å². The lowest BCUT2D eigenvalue weighted by molar-refractivity contribution is 0.283. The van der Waals surface area contributed by atoms with Crippen molar-refractivity contribution >= 4 is 0 Å². The molecular formula is C12H16N2O. The summed E-state index contributed by atoms with van der Waals surface area (Å²) in [7, 11) is 0. The Hall–Kier alpha value is -1.12. The fraction of sp³-hybridized carbons (Fsp3) is 0.667. The number of hydrogen-bond acceptors (Lipinski definition) is 3. The highest BCUT2D eigenvalue weighted by atomic mass is 16.5. The highest BCUT2D eigenvalue weighted by Gasteiger charge is 2.30. The molecule has 3 heteroatoms. The maximum absolute atomic E-state index is 5.77. The number of hydrogen-bond donors (Lipinski definition) is 0. The van der Waals surface area contributed by atoms with E-state index in [9.17, 15) is 0 Å². The summed E-state index contributed by atoms with van der Waals surface area (Å²) in [5.41, 5.74) is 2.03. The number of ether oxygens (including phenoxy) is 1. The summed E-state index contributed by atoms with van der Waals surface area (Å²) in [4.78, 5) is 8.90. The smallest absolute Gasteiger partial charge is 0.236 e. The summed E-state index contributed by atoms with van der Waals surface area (Å²) in [6, 6.07) is 0. The Bertz CT molecular complexity index is 370. The van der Waals surface area contributed by atoms with Gasteiger partial charge in [-0.3, -0.25) is 4.98 Å². The van der Waals surface area contributed by atoms with Gasteiger partial charge in [0.15, 0.2) is 0 Å². The van der Waals surface area contributed by atoms with E-state index in [-0.39, 0.29) is 0 Å². The second-order valence-corrected chi connectivity index (χ2v) is 4.73. The minimum atomic E-state index is 0.618. The molecule has 0 aromatic carbocycles. The van der Waals surface area contributed by atoms with Crippen molar-refractivity contribution in [2.24, 2.45) is 5.92 Å². The van der Waals surface area contributed by atoms with Crippen molar-refractivity contribution in [1.29, 1.82) is 0 Å². The summed E-state index contributed by atoms with van der Waals surface area (Å²) in [5.74, 6) is 2.19. The first-order valence-corrected chi connectivity index (χ1v) is 5.79. The predicted octanol–water partition coefficient (Wildman–Crippen LogP) is 2.45. The average Bonchev–Trinajstić information content (AvgIpc) is 3.08. The SMILES string of the molecule is Cc1cnc(C2CC2)c(OCC2CC2)n1. The molecule has 0 N–H and O–H groups in total. The zero-order chi connectivity index (χ0) is 10.3. The van der Waals surface area contributed by atoms with Gasteiger partial charge in [-0.05, 0) is 38.5 Å². The Morgan fingerprint density at radius 3 is 2.80 bits per heavy atom. The van der Waals surface area contributed by atoms with Gasteiger partial charge in [-0.1, -0.05) is 0 Å². The van der Waals surface area contributed by atoms with Crippen LogP contribution in [0.3, 0.4) is 0 Å². The molecule has 0 atom stereocenters. The molecule has 0 saturated heterocycles. The number of rotatable bonds is 4. The summed E-state index contributed by atoms with van der Waals surface area (Å²) in [5, 5.41) is 0. The molecule has 3 nitrogen and oxygen atoms in total. The molecule has 1 heterocycles. The van der Waals surface area contributed by atoms with Crippen molar-refractivity contribution in [1.82, 2.24) is 9.97 Å². The van der Waals surface area contributed by atoms with Gasteiger partial charge in [0, 0.05) is 12.1 Å². The number of aromatic nitrogens is 2. The van der Waals surface area contributed by atoms with E-state index in [1.54, 1.807) is 0 Å². The van der Waals surface area contributed by atoms with E-state index >= 15 is 0 Å². The maximum Gasteiger partial charge on any atom is 0.236 e. The predicted molar refractivity (Wildman–Crippen MR) is 57.0 cm³/mol. The standard InChI is InChI=1S/C12H16N2O/c1-8-6-13-11(10-4-5-10)12(14-8)15-7-9-2-3-9/h6,9-10H,2-5,7H2,1H3. The third kappa shape index (κ3) is 2.11. The van der Waals surface area contributed by atoms with Crippen LogP contribution in [0.4, 0.5) is 0 Å². The highest BCUT2D eigenvalue weighted by molar-refractivity contribution is 5.27. The lowest BCUT2D eigenvalue weighted by atomic mass is 10.3. The quantitative estimate of drug-likeness (QED) is 0.755. The number of nitrogens with zero attached hydrogens (tertiary/aromatic N) is 2. The number of aryl methyl sites for hydroxylation is 1. The Balaban J connectivity index is 1.78. The third-order valence-electron chi connectivity index (χ3n) is 3.00. The van der Waals surface area contributed by atoms with Gasteiger partial charge < -0.3 is 4.74 Å². The second-order valence-electron chi connectivity index (χ2n) is 4.73. The highest BCUT2D eigenvalue weighted by Crippen LogP contribution is 2.42. The second kappa shape index (κ2) is 3.47. The first-order chi connectivity index (χ1) is 7.33. The average molecular weight is 204 g/mol. The topological polar surface area (TPSA) is 35.0 Å². The van der Waals surface area contributed by atoms with Crippen LogP contribution in [0, 0.1) is 12.8 Å². The Kier molecular flexibility index (Phi) is 2.11. The third-order valence-corrected chi connectivity index (χ3v) is 3.00. The molecule has 2 fully saturated rings. The molecule has 1 aromatic heterocycles. The van der Waals surface area contributed by atoms with E-state index in [1.807, 2.05) is 13.1 Å². The van der Waals surface area contributed by atoms with Gasteiger partial charge in [0.1, 0.15) is 5.69 Å². The molecule has 2 saturated carbocycles. The lowest BCUT2D eigenvalue weighted by Gasteiger charge is -2.08. The van der Waals surface area contributed by atoms with Crippen molar-refractivity contribution in [2.45, 2.75) is 38.5 Å². The van der Waals surface area contributed by atoms with Crippen LogP contribution in [-0.4, -0.2) is 16.6 Å². The first-order valence-electron chi connectivity index (χ1n) is 5.79. The molecule has 0 bridgehead atoms. The molecule has 0 aliphatic heterocycles. The van der Waals surface area contributed by atoms with Gasteiger partial charge in [-0.2, -0.15) is 0 Å². The van der Waals surface area contributed by atoms with Gasteiger partial charge >= 0.3 is 0 Å². The zero-order valence-electron chi connectivity index (χ0n) is 9.07. The van der Waals surface area contributed by atoms with Crippen molar-refractivity contribution in [3.05, 3.63) is 17.6 Å². The molecule has 0 unspecified atom stereocenters. The normalized spacial score (nSPS) is 20.3. The maximum atomic E-state index is 5.77. The van der Waals surface area contributed by atoms with Crippen LogP contribution in [-0.2, 0) is 0 Å². The van der Waals surface area contributed by atoms with E-state index in [1.165, 1.54) is 25.7 Å². The molecule has 1 aromatic rings. The fourth-order valence-electron chi connectivity index (χ4n) is 1.69. The molecule has 80 valence electrons.